The van der Waals surface area contributed by atoms with E-state index < -0.39 is 0 Å². The zero-order chi connectivity index (χ0) is 40.3. The number of benzene rings is 3. The van der Waals surface area contributed by atoms with E-state index in [1.807, 2.05) is 0 Å². The highest BCUT2D eigenvalue weighted by molar-refractivity contribution is 6.25. The highest BCUT2D eigenvalue weighted by Crippen LogP contribution is 2.42. The zero-order valence-corrected chi connectivity index (χ0v) is 37.3. The second kappa shape index (κ2) is 20.6. The van der Waals surface area contributed by atoms with Crippen molar-refractivity contribution in [1.82, 2.24) is 0 Å². The Morgan fingerprint density at radius 2 is 0.679 bits per heavy atom. The fraction of sp³-hybridized carbons (Fsp3) is 0.630. The molecule has 0 amide bonds. The topological polar surface area (TPSA) is 34.1 Å². The van der Waals surface area contributed by atoms with Crippen LogP contribution in [0.15, 0.2) is 46.0 Å². The van der Waals surface area contributed by atoms with Crippen molar-refractivity contribution in [3.8, 4) is 0 Å². The van der Waals surface area contributed by atoms with E-state index in [4.69, 9.17) is 0 Å². The molecule has 0 spiro atoms. The van der Waals surface area contributed by atoms with Crippen LogP contribution in [0, 0.1) is 0 Å². The monoisotopic (exact) mass is 759 g/mol. The predicted molar refractivity (Wildman–Crippen MR) is 249 cm³/mol. The van der Waals surface area contributed by atoms with Crippen LogP contribution in [0.1, 0.15) is 219 Å². The van der Waals surface area contributed by atoms with E-state index in [-0.39, 0.29) is 21.7 Å². The second-order valence-electron chi connectivity index (χ2n) is 19.0. The maximum atomic E-state index is 15.0. The Morgan fingerprint density at radius 3 is 0.982 bits per heavy atom. The number of hydrogen-bond acceptors (Lipinski definition) is 2. The van der Waals surface area contributed by atoms with Crippen molar-refractivity contribution in [2.24, 2.45) is 0 Å². The van der Waals surface area contributed by atoms with Gasteiger partial charge in [0.1, 0.15) is 0 Å². The van der Waals surface area contributed by atoms with E-state index in [0.717, 1.165) is 92.7 Å². The van der Waals surface area contributed by atoms with Gasteiger partial charge >= 0.3 is 0 Å². The minimum absolute atomic E-state index is 0.0115. The average Bonchev–Trinajstić information content (AvgIpc) is 3.66. The van der Waals surface area contributed by atoms with Crippen molar-refractivity contribution in [1.29, 1.82) is 0 Å². The molecule has 0 aliphatic carbocycles. The van der Waals surface area contributed by atoms with Gasteiger partial charge in [0.05, 0.1) is 0 Å². The maximum absolute atomic E-state index is 15.0. The largest absolute Gasteiger partial charge is 0.289 e. The minimum atomic E-state index is -0.0115. The lowest BCUT2D eigenvalue weighted by atomic mass is 9.81. The Morgan fingerprint density at radius 1 is 0.375 bits per heavy atom. The standard InChI is InChI=1S/C54H78O2/c1-9-13-15-17-19-21-23-25-27-29-31-43-47-41-35-33-39(53(5,6)11-3)37-45(41)52(56)50(47)44(32-30-28-26-24-22-20-18-16-14-10-2)48-42-36-34-40(54(7,8)12-4)38-46(42)51(55)49(43)48/h33-38H,9-32H2,1-8H3. The van der Waals surface area contributed by atoms with Gasteiger partial charge in [-0.1, -0.05) is 195 Å². The molecular formula is C54H78O2. The molecular weight excluding hydrogens is 681 g/mol. The summed E-state index contributed by atoms with van der Waals surface area (Å²) in [7, 11) is 0. The Balaban J connectivity index is 1.59. The van der Waals surface area contributed by atoms with E-state index in [1.165, 1.54) is 127 Å². The van der Waals surface area contributed by atoms with Crippen LogP contribution in [0.25, 0.3) is 43.1 Å². The molecule has 2 heteroatoms. The van der Waals surface area contributed by atoms with E-state index in [1.54, 1.807) is 0 Å². The summed E-state index contributed by atoms with van der Waals surface area (Å²) in [5, 5.41) is 7.85. The highest BCUT2D eigenvalue weighted by Gasteiger charge is 2.28. The van der Waals surface area contributed by atoms with Gasteiger partial charge in [0.15, 0.2) is 10.9 Å². The molecule has 0 bridgehead atoms. The van der Waals surface area contributed by atoms with Crippen molar-refractivity contribution >= 4 is 43.1 Å². The third-order valence-corrected chi connectivity index (χ3v) is 14.1. The van der Waals surface area contributed by atoms with Gasteiger partial charge in [-0.2, -0.15) is 0 Å². The van der Waals surface area contributed by atoms with Gasteiger partial charge in [0.2, 0.25) is 0 Å². The maximum Gasteiger partial charge on any atom is 0.194 e. The summed E-state index contributed by atoms with van der Waals surface area (Å²) in [6, 6.07) is 13.4. The first-order valence-corrected chi connectivity index (χ1v) is 23.6. The van der Waals surface area contributed by atoms with Gasteiger partial charge in [-0.3, -0.25) is 9.59 Å². The van der Waals surface area contributed by atoms with E-state index in [2.05, 4.69) is 91.8 Å². The number of aryl methyl sites for hydroxylation is 2. The number of hydrogen-bond donors (Lipinski definition) is 0. The average molecular weight is 759 g/mol. The van der Waals surface area contributed by atoms with Crippen LogP contribution in [0.2, 0.25) is 0 Å². The van der Waals surface area contributed by atoms with Crippen LogP contribution in [-0.4, -0.2) is 0 Å². The molecule has 0 aliphatic rings. The lowest BCUT2D eigenvalue weighted by molar-refractivity contribution is 0.507. The summed E-state index contributed by atoms with van der Waals surface area (Å²) < 4.78 is 0. The molecule has 5 rings (SSSR count). The molecule has 306 valence electrons. The molecule has 0 saturated carbocycles. The summed E-state index contributed by atoms with van der Waals surface area (Å²) in [5.74, 6) is 0. The van der Waals surface area contributed by atoms with Crippen LogP contribution in [0.5, 0.6) is 0 Å². The fourth-order valence-corrected chi connectivity index (χ4v) is 9.45. The number of rotatable bonds is 26. The molecule has 0 unspecified atom stereocenters. The van der Waals surface area contributed by atoms with Crippen LogP contribution in [-0.2, 0) is 23.7 Å². The second-order valence-corrected chi connectivity index (χ2v) is 19.0. The summed E-state index contributed by atoms with van der Waals surface area (Å²) in [6.45, 7) is 18.2. The quantitative estimate of drug-likeness (QED) is 0.0526. The minimum Gasteiger partial charge on any atom is -0.289 e. The van der Waals surface area contributed by atoms with Gasteiger partial charge < -0.3 is 0 Å². The summed E-state index contributed by atoms with van der Waals surface area (Å²) >= 11 is 0. The van der Waals surface area contributed by atoms with Crippen molar-refractivity contribution in [2.45, 2.75) is 220 Å². The van der Waals surface area contributed by atoms with Crippen molar-refractivity contribution < 1.29 is 0 Å². The molecule has 0 aliphatic heterocycles. The number of fused-ring (bicyclic) bond motifs is 6. The molecule has 0 N–H and O–H groups in total. The van der Waals surface area contributed by atoms with E-state index >= 15 is 0 Å². The SMILES string of the molecule is CCCCCCCCCCCCc1c2c(=O)c3cc(C(C)(C)CC)ccc3c2c(CCCCCCCCCCCC)c2c(=O)c3cc(C(C)(C)CC)ccc3c12. The highest BCUT2D eigenvalue weighted by atomic mass is 16.1. The van der Waals surface area contributed by atoms with Gasteiger partial charge in [-0.25, -0.2) is 0 Å². The molecule has 2 nitrogen and oxygen atoms in total. The molecule has 0 radical (unpaired) electrons. The smallest absolute Gasteiger partial charge is 0.194 e. The molecule has 0 heterocycles. The van der Waals surface area contributed by atoms with Gasteiger partial charge in [-0.05, 0) is 105 Å². The Bertz CT molecular complexity index is 1950. The van der Waals surface area contributed by atoms with Crippen molar-refractivity contribution in [3.05, 3.63) is 79.1 Å². The molecule has 56 heavy (non-hydrogen) atoms. The lowest BCUT2D eigenvalue weighted by Crippen LogP contribution is -2.15. The molecule has 0 atom stereocenters. The van der Waals surface area contributed by atoms with Crippen LogP contribution in [0.3, 0.4) is 0 Å². The van der Waals surface area contributed by atoms with Gasteiger partial charge in [-0.15, -0.1) is 0 Å². The summed E-state index contributed by atoms with van der Waals surface area (Å²) in [5.41, 5.74) is 5.09. The molecule has 0 fully saturated rings. The Labute approximate surface area is 341 Å². The van der Waals surface area contributed by atoms with E-state index in [0.29, 0.717) is 0 Å². The first-order chi connectivity index (χ1) is 27.0. The Kier molecular flexibility index (Phi) is 16.2. The van der Waals surface area contributed by atoms with Gasteiger partial charge in [0.25, 0.3) is 0 Å². The fourth-order valence-electron chi connectivity index (χ4n) is 9.45. The first kappa shape index (κ1) is 44.1. The van der Waals surface area contributed by atoms with Crippen LogP contribution >= 0.6 is 0 Å². The number of unbranched alkanes of at least 4 members (excludes halogenated alkanes) is 18. The molecule has 0 saturated heterocycles. The molecule has 5 aromatic rings. The van der Waals surface area contributed by atoms with Gasteiger partial charge in [0, 0.05) is 21.5 Å². The lowest BCUT2D eigenvalue weighted by Gasteiger charge is -2.23. The summed E-state index contributed by atoms with van der Waals surface area (Å²) in [4.78, 5) is 30.0. The normalized spacial score (nSPS) is 12.7. The first-order valence-electron chi connectivity index (χ1n) is 23.6. The zero-order valence-electron chi connectivity index (χ0n) is 37.3. The molecule has 0 aromatic heterocycles. The molecule has 5 aromatic carbocycles. The third kappa shape index (κ3) is 9.99. The summed E-state index contributed by atoms with van der Waals surface area (Å²) in [6.07, 6.45) is 29.3. The van der Waals surface area contributed by atoms with Crippen molar-refractivity contribution in [3.63, 3.8) is 0 Å². The van der Waals surface area contributed by atoms with Crippen LogP contribution < -0.4 is 10.9 Å². The Hall–Kier alpha value is -3.00. The van der Waals surface area contributed by atoms with E-state index in [9.17, 15) is 9.59 Å². The van der Waals surface area contributed by atoms with Crippen LogP contribution in [0.4, 0.5) is 0 Å². The predicted octanol–water partition coefficient (Wildman–Crippen LogP) is 16.2. The van der Waals surface area contributed by atoms with Crippen molar-refractivity contribution in [2.75, 3.05) is 0 Å². The third-order valence-electron chi connectivity index (χ3n) is 14.1.